The molecule has 0 atom stereocenters. The molecule has 2 aromatic carbocycles. The lowest BCUT2D eigenvalue weighted by Gasteiger charge is -2.13. The molecule has 146 valence electrons. The van der Waals surface area contributed by atoms with Gasteiger partial charge in [-0.2, -0.15) is 0 Å². The SMILES string of the molecule is COc1cc(C(=O)Nc2ccc(F)cc2Br)ccc1OCc1c(C)noc1C. The number of aryl methyl sites for hydroxylation is 2. The van der Waals surface area contributed by atoms with Gasteiger partial charge in [-0.3, -0.25) is 4.79 Å². The average Bonchev–Trinajstić information content (AvgIpc) is 3.00. The fourth-order valence-corrected chi connectivity index (χ4v) is 3.02. The normalized spacial score (nSPS) is 10.6. The lowest BCUT2D eigenvalue weighted by molar-refractivity contribution is 0.102. The van der Waals surface area contributed by atoms with Gasteiger partial charge in [-0.15, -0.1) is 0 Å². The second-order valence-corrected chi connectivity index (χ2v) is 6.89. The zero-order valence-corrected chi connectivity index (χ0v) is 17.1. The molecule has 6 nitrogen and oxygen atoms in total. The molecule has 0 radical (unpaired) electrons. The van der Waals surface area contributed by atoms with Gasteiger partial charge in [-0.1, -0.05) is 5.16 Å². The number of hydrogen-bond acceptors (Lipinski definition) is 5. The van der Waals surface area contributed by atoms with Gasteiger partial charge in [0, 0.05) is 10.0 Å². The van der Waals surface area contributed by atoms with E-state index in [1.54, 1.807) is 18.2 Å². The van der Waals surface area contributed by atoms with Crippen molar-refractivity contribution in [1.29, 1.82) is 0 Å². The van der Waals surface area contributed by atoms with E-state index in [1.807, 2.05) is 13.8 Å². The lowest BCUT2D eigenvalue weighted by Crippen LogP contribution is -2.12. The van der Waals surface area contributed by atoms with Crippen molar-refractivity contribution in [2.24, 2.45) is 0 Å². The molecule has 28 heavy (non-hydrogen) atoms. The molecule has 0 aliphatic rings. The summed E-state index contributed by atoms with van der Waals surface area (Å²) in [5, 5.41) is 6.62. The summed E-state index contributed by atoms with van der Waals surface area (Å²) in [5.74, 6) is 0.839. The third-order valence-corrected chi connectivity index (χ3v) is 4.81. The van der Waals surface area contributed by atoms with Crippen LogP contribution in [0.4, 0.5) is 10.1 Å². The molecular weight excluding hydrogens is 431 g/mol. The largest absolute Gasteiger partial charge is 0.493 e. The van der Waals surface area contributed by atoms with Crippen molar-refractivity contribution in [2.45, 2.75) is 20.5 Å². The second kappa shape index (κ2) is 8.43. The molecule has 0 saturated carbocycles. The summed E-state index contributed by atoms with van der Waals surface area (Å²) in [6.07, 6.45) is 0. The van der Waals surface area contributed by atoms with Crippen LogP contribution >= 0.6 is 15.9 Å². The van der Waals surface area contributed by atoms with Crippen LogP contribution < -0.4 is 14.8 Å². The molecule has 0 saturated heterocycles. The van der Waals surface area contributed by atoms with Gasteiger partial charge >= 0.3 is 0 Å². The number of benzene rings is 2. The molecule has 8 heteroatoms. The van der Waals surface area contributed by atoms with Gasteiger partial charge < -0.3 is 19.3 Å². The molecule has 0 aliphatic heterocycles. The second-order valence-electron chi connectivity index (χ2n) is 6.04. The summed E-state index contributed by atoms with van der Waals surface area (Å²) in [5.41, 5.74) is 2.46. The van der Waals surface area contributed by atoms with Gasteiger partial charge in [0.05, 0.1) is 24.1 Å². The molecule has 1 heterocycles. The molecule has 0 bridgehead atoms. The maximum Gasteiger partial charge on any atom is 0.255 e. The van der Waals surface area contributed by atoms with Crippen LogP contribution in [0.5, 0.6) is 11.5 Å². The van der Waals surface area contributed by atoms with Crippen molar-refractivity contribution < 1.29 is 23.2 Å². The predicted octanol–water partition coefficient (Wildman–Crippen LogP) is 5.03. The van der Waals surface area contributed by atoms with Crippen molar-refractivity contribution >= 4 is 27.5 Å². The third kappa shape index (κ3) is 4.33. The molecular formula is C20H18BrFN2O4. The maximum atomic E-state index is 13.2. The van der Waals surface area contributed by atoms with E-state index in [4.69, 9.17) is 14.0 Å². The van der Waals surface area contributed by atoms with E-state index in [-0.39, 0.29) is 12.5 Å². The quantitative estimate of drug-likeness (QED) is 0.572. The Morgan fingerprint density at radius 2 is 2.00 bits per heavy atom. The molecule has 3 aromatic rings. The number of nitrogens with zero attached hydrogens (tertiary/aromatic N) is 1. The standard InChI is InChI=1S/C20H18BrFN2O4/c1-11-15(12(2)28-24-11)10-27-18-7-4-13(8-19(18)26-3)20(25)23-17-6-5-14(22)9-16(17)21/h4-9H,10H2,1-3H3,(H,23,25). The van der Waals surface area contributed by atoms with E-state index in [9.17, 15) is 9.18 Å². The minimum Gasteiger partial charge on any atom is -0.493 e. The Kier molecular flexibility index (Phi) is 5.99. The van der Waals surface area contributed by atoms with Gasteiger partial charge in [0.2, 0.25) is 0 Å². The minimum absolute atomic E-state index is 0.269. The van der Waals surface area contributed by atoms with Crippen LogP contribution in [0.15, 0.2) is 45.4 Å². The first-order valence-electron chi connectivity index (χ1n) is 8.38. The van der Waals surface area contributed by atoms with Gasteiger partial charge in [-0.25, -0.2) is 4.39 Å². The van der Waals surface area contributed by atoms with E-state index in [0.29, 0.717) is 33.0 Å². The number of carbonyl (C=O) groups excluding carboxylic acids is 1. The summed E-state index contributed by atoms with van der Waals surface area (Å²) in [6.45, 7) is 3.93. The van der Waals surface area contributed by atoms with Crippen LogP contribution in [0, 0.1) is 19.7 Å². The summed E-state index contributed by atoms with van der Waals surface area (Å²) in [6, 6.07) is 8.89. The molecule has 1 amide bonds. The number of halogens is 2. The van der Waals surface area contributed by atoms with Gasteiger partial charge in [0.15, 0.2) is 11.5 Å². The van der Waals surface area contributed by atoms with Crippen LogP contribution in [0.25, 0.3) is 0 Å². The number of rotatable bonds is 6. The molecule has 0 unspecified atom stereocenters. The van der Waals surface area contributed by atoms with Crippen molar-refractivity contribution in [3.8, 4) is 11.5 Å². The van der Waals surface area contributed by atoms with Crippen LogP contribution in [-0.2, 0) is 6.61 Å². The molecule has 1 N–H and O–H groups in total. The fourth-order valence-electron chi connectivity index (χ4n) is 2.57. The summed E-state index contributed by atoms with van der Waals surface area (Å²) < 4.78 is 29.9. The number of anilines is 1. The van der Waals surface area contributed by atoms with Gasteiger partial charge in [0.1, 0.15) is 18.2 Å². The van der Waals surface area contributed by atoms with Crippen molar-refractivity contribution in [1.82, 2.24) is 5.16 Å². The Labute approximate surface area is 169 Å². The smallest absolute Gasteiger partial charge is 0.255 e. The number of amides is 1. The van der Waals surface area contributed by atoms with Crippen LogP contribution in [0.1, 0.15) is 27.4 Å². The number of aromatic nitrogens is 1. The Balaban J connectivity index is 1.75. The van der Waals surface area contributed by atoms with E-state index < -0.39 is 5.82 Å². The number of hydrogen-bond donors (Lipinski definition) is 1. The lowest BCUT2D eigenvalue weighted by atomic mass is 10.1. The zero-order chi connectivity index (χ0) is 20.3. The van der Waals surface area contributed by atoms with Crippen molar-refractivity contribution in [3.63, 3.8) is 0 Å². The zero-order valence-electron chi connectivity index (χ0n) is 15.5. The Morgan fingerprint density at radius 1 is 1.21 bits per heavy atom. The van der Waals surface area contributed by atoms with Crippen LogP contribution in [0.3, 0.4) is 0 Å². The van der Waals surface area contributed by atoms with Gasteiger partial charge in [-0.05, 0) is 66.2 Å². The van der Waals surface area contributed by atoms with E-state index in [0.717, 1.165) is 11.3 Å². The fraction of sp³-hybridized carbons (Fsp3) is 0.200. The summed E-state index contributed by atoms with van der Waals surface area (Å²) in [7, 11) is 1.50. The highest BCUT2D eigenvalue weighted by Gasteiger charge is 2.15. The molecule has 0 spiro atoms. The molecule has 0 fully saturated rings. The minimum atomic E-state index is -0.397. The molecule has 1 aromatic heterocycles. The summed E-state index contributed by atoms with van der Waals surface area (Å²) in [4.78, 5) is 12.5. The predicted molar refractivity (Wildman–Crippen MR) is 105 cm³/mol. The first-order valence-corrected chi connectivity index (χ1v) is 9.17. The topological polar surface area (TPSA) is 73.6 Å². The Morgan fingerprint density at radius 3 is 2.64 bits per heavy atom. The third-order valence-electron chi connectivity index (χ3n) is 4.16. The van der Waals surface area contributed by atoms with E-state index in [1.165, 1.54) is 25.3 Å². The van der Waals surface area contributed by atoms with Crippen molar-refractivity contribution in [2.75, 3.05) is 12.4 Å². The highest BCUT2D eigenvalue weighted by atomic mass is 79.9. The van der Waals surface area contributed by atoms with Crippen molar-refractivity contribution in [3.05, 3.63) is 69.3 Å². The Bertz CT molecular complexity index is 1000. The van der Waals surface area contributed by atoms with E-state index >= 15 is 0 Å². The number of ether oxygens (including phenoxy) is 2. The number of carbonyl (C=O) groups is 1. The molecule has 0 aliphatic carbocycles. The highest BCUT2D eigenvalue weighted by Crippen LogP contribution is 2.30. The van der Waals surface area contributed by atoms with Crippen LogP contribution in [0.2, 0.25) is 0 Å². The number of methoxy groups -OCH3 is 1. The monoisotopic (exact) mass is 448 g/mol. The molecule has 3 rings (SSSR count). The number of nitrogens with one attached hydrogen (secondary N) is 1. The first-order chi connectivity index (χ1) is 13.4. The Hall–Kier alpha value is -2.87. The first kappa shape index (κ1) is 19.9. The average molecular weight is 449 g/mol. The summed E-state index contributed by atoms with van der Waals surface area (Å²) >= 11 is 3.23. The maximum absolute atomic E-state index is 13.2. The van der Waals surface area contributed by atoms with E-state index in [2.05, 4.69) is 26.4 Å². The highest BCUT2D eigenvalue weighted by molar-refractivity contribution is 9.10. The van der Waals surface area contributed by atoms with Gasteiger partial charge in [0.25, 0.3) is 5.91 Å². The van der Waals surface area contributed by atoms with Crippen LogP contribution in [-0.4, -0.2) is 18.2 Å².